The number of rotatable bonds is 9. The molecule has 0 N–H and O–H groups in total. The van der Waals surface area contributed by atoms with Crippen LogP contribution in [-0.2, 0) is 20.7 Å². The first kappa shape index (κ1) is 16.7. The van der Waals surface area contributed by atoms with E-state index in [9.17, 15) is 4.79 Å². The molecule has 0 aromatic heterocycles. The monoisotopic (exact) mass is 279 g/mol. The second-order valence-electron chi connectivity index (χ2n) is 4.62. The van der Waals surface area contributed by atoms with Gasteiger partial charge in [0, 0.05) is 6.54 Å². The summed E-state index contributed by atoms with van der Waals surface area (Å²) in [6, 6.07) is 9.56. The van der Waals surface area contributed by atoms with Gasteiger partial charge < -0.3 is 14.4 Å². The zero-order valence-corrected chi connectivity index (χ0v) is 12.7. The molecule has 112 valence electrons. The molecule has 0 radical (unpaired) electrons. The quantitative estimate of drug-likeness (QED) is 0.514. The zero-order chi connectivity index (χ0) is 14.8. The van der Waals surface area contributed by atoms with Crippen LogP contribution in [0.25, 0.3) is 0 Å². The van der Waals surface area contributed by atoms with Gasteiger partial charge in [0.2, 0.25) is 0 Å². The summed E-state index contributed by atoms with van der Waals surface area (Å²) in [6.07, 6.45) is -0.216. The summed E-state index contributed by atoms with van der Waals surface area (Å²) in [5, 5.41) is 0. The molecule has 1 rings (SSSR count). The first-order valence-electron chi connectivity index (χ1n) is 7.23. The standard InChI is InChI=1S/C16H25NO3/c1-4-17(5-2)11-12-19-14(3)20-16(18)13-15-9-7-6-8-10-15/h6-10,14H,4-5,11-13H2,1-3H3. The van der Waals surface area contributed by atoms with Gasteiger partial charge in [-0.2, -0.15) is 0 Å². The van der Waals surface area contributed by atoms with Crippen molar-refractivity contribution in [2.45, 2.75) is 33.5 Å². The Morgan fingerprint density at radius 2 is 1.85 bits per heavy atom. The van der Waals surface area contributed by atoms with Crippen LogP contribution in [0.3, 0.4) is 0 Å². The Morgan fingerprint density at radius 3 is 2.45 bits per heavy atom. The smallest absolute Gasteiger partial charge is 0.312 e. The highest BCUT2D eigenvalue weighted by Crippen LogP contribution is 2.03. The van der Waals surface area contributed by atoms with Crippen molar-refractivity contribution in [3.63, 3.8) is 0 Å². The van der Waals surface area contributed by atoms with E-state index in [2.05, 4.69) is 18.7 Å². The Labute approximate surface area is 121 Å². The Bertz CT molecular complexity index is 377. The second-order valence-corrected chi connectivity index (χ2v) is 4.62. The summed E-state index contributed by atoms with van der Waals surface area (Å²) >= 11 is 0. The number of nitrogens with zero attached hydrogens (tertiary/aromatic N) is 1. The van der Waals surface area contributed by atoms with Gasteiger partial charge in [0.1, 0.15) is 0 Å². The highest BCUT2D eigenvalue weighted by Gasteiger charge is 2.10. The van der Waals surface area contributed by atoms with Crippen molar-refractivity contribution in [3.05, 3.63) is 35.9 Å². The minimum absolute atomic E-state index is 0.258. The second kappa shape index (κ2) is 9.50. The Balaban J connectivity index is 2.21. The molecule has 0 aliphatic rings. The van der Waals surface area contributed by atoms with E-state index in [1.807, 2.05) is 30.3 Å². The highest BCUT2D eigenvalue weighted by atomic mass is 16.7. The van der Waals surface area contributed by atoms with Crippen LogP contribution >= 0.6 is 0 Å². The largest absolute Gasteiger partial charge is 0.436 e. The van der Waals surface area contributed by atoms with Crippen molar-refractivity contribution < 1.29 is 14.3 Å². The van der Waals surface area contributed by atoms with Gasteiger partial charge in [0.15, 0.2) is 6.29 Å². The molecule has 1 aromatic carbocycles. The molecular weight excluding hydrogens is 254 g/mol. The van der Waals surface area contributed by atoms with E-state index in [-0.39, 0.29) is 12.4 Å². The number of esters is 1. The molecule has 1 atom stereocenters. The summed E-state index contributed by atoms with van der Waals surface area (Å²) < 4.78 is 10.7. The lowest BCUT2D eigenvalue weighted by Gasteiger charge is -2.20. The summed E-state index contributed by atoms with van der Waals surface area (Å²) in [7, 11) is 0. The molecule has 0 saturated heterocycles. The molecule has 0 aliphatic carbocycles. The van der Waals surface area contributed by atoms with Crippen molar-refractivity contribution in [1.82, 2.24) is 4.90 Å². The molecule has 0 aliphatic heterocycles. The average Bonchev–Trinajstić information content (AvgIpc) is 2.44. The lowest BCUT2D eigenvalue weighted by molar-refractivity contribution is -0.174. The fourth-order valence-corrected chi connectivity index (χ4v) is 1.91. The minimum atomic E-state index is -0.498. The van der Waals surface area contributed by atoms with E-state index in [1.54, 1.807) is 6.92 Å². The summed E-state index contributed by atoms with van der Waals surface area (Å²) in [4.78, 5) is 14.0. The zero-order valence-electron chi connectivity index (χ0n) is 12.7. The molecule has 0 saturated carbocycles. The van der Waals surface area contributed by atoms with E-state index in [0.717, 1.165) is 25.2 Å². The van der Waals surface area contributed by atoms with E-state index in [4.69, 9.17) is 9.47 Å². The van der Waals surface area contributed by atoms with Crippen molar-refractivity contribution in [1.29, 1.82) is 0 Å². The number of carbonyl (C=O) groups is 1. The molecule has 0 bridgehead atoms. The van der Waals surface area contributed by atoms with Crippen LogP contribution in [0.15, 0.2) is 30.3 Å². The van der Waals surface area contributed by atoms with Crippen LogP contribution in [0.1, 0.15) is 26.3 Å². The van der Waals surface area contributed by atoms with Gasteiger partial charge in [-0.05, 0) is 25.6 Å². The average molecular weight is 279 g/mol. The lowest BCUT2D eigenvalue weighted by atomic mass is 10.2. The third-order valence-corrected chi connectivity index (χ3v) is 3.14. The van der Waals surface area contributed by atoms with Gasteiger partial charge in [-0.25, -0.2) is 0 Å². The van der Waals surface area contributed by atoms with Crippen molar-refractivity contribution >= 4 is 5.97 Å². The van der Waals surface area contributed by atoms with E-state index in [0.29, 0.717) is 6.61 Å². The molecule has 20 heavy (non-hydrogen) atoms. The SMILES string of the molecule is CCN(CC)CCOC(C)OC(=O)Cc1ccccc1. The molecule has 1 unspecified atom stereocenters. The maximum absolute atomic E-state index is 11.7. The molecule has 0 spiro atoms. The van der Waals surface area contributed by atoms with Crippen molar-refractivity contribution in [2.75, 3.05) is 26.2 Å². The number of ether oxygens (including phenoxy) is 2. The molecule has 0 amide bonds. The molecular formula is C16H25NO3. The van der Waals surface area contributed by atoms with Crippen LogP contribution in [0.2, 0.25) is 0 Å². The molecule has 1 aromatic rings. The van der Waals surface area contributed by atoms with Crippen LogP contribution in [0.5, 0.6) is 0 Å². The summed E-state index contributed by atoms with van der Waals surface area (Å²) in [6.45, 7) is 9.42. The topological polar surface area (TPSA) is 38.8 Å². The van der Waals surface area contributed by atoms with Crippen LogP contribution in [-0.4, -0.2) is 43.4 Å². The Kier molecular flexibility index (Phi) is 7.92. The first-order valence-corrected chi connectivity index (χ1v) is 7.23. The fourth-order valence-electron chi connectivity index (χ4n) is 1.91. The number of hydrogen-bond acceptors (Lipinski definition) is 4. The lowest BCUT2D eigenvalue weighted by Crippen LogP contribution is -2.29. The van der Waals surface area contributed by atoms with Crippen LogP contribution < -0.4 is 0 Å². The van der Waals surface area contributed by atoms with Gasteiger partial charge >= 0.3 is 5.97 Å². The predicted octanol–water partition coefficient (Wildman–Crippen LogP) is 2.48. The Hall–Kier alpha value is -1.39. The number of carbonyl (C=O) groups excluding carboxylic acids is 1. The van der Waals surface area contributed by atoms with Crippen molar-refractivity contribution in [3.8, 4) is 0 Å². The molecule has 0 fully saturated rings. The third-order valence-electron chi connectivity index (χ3n) is 3.14. The molecule has 4 nitrogen and oxygen atoms in total. The maximum atomic E-state index is 11.7. The van der Waals surface area contributed by atoms with Crippen molar-refractivity contribution in [2.24, 2.45) is 0 Å². The van der Waals surface area contributed by atoms with Gasteiger partial charge in [-0.15, -0.1) is 0 Å². The normalized spacial score (nSPS) is 12.4. The maximum Gasteiger partial charge on any atom is 0.312 e. The predicted molar refractivity (Wildman–Crippen MR) is 79.4 cm³/mol. The summed E-state index contributed by atoms with van der Waals surface area (Å²) in [5.74, 6) is -0.258. The van der Waals surface area contributed by atoms with Gasteiger partial charge in [-0.3, -0.25) is 4.79 Å². The summed E-state index contributed by atoms with van der Waals surface area (Å²) in [5.41, 5.74) is 0.952. The number of benzene rings is 1. The first-order chi connectivity index (χ1) is 9.65. The number of hydrogen-bond donors (Lipinski definition) is 0. The fraction of sp³-hybridized carbons (Fsp3) is 0.562. The minimum Gasteiger partial charge on any atom is -0.436 e. The highest BCUT2D eigenvalue weighted by molar-refractivity contribution is 5.72. The van der Waals surface area contributed by atoms with Gasteiger partial charge in [0.05, 0.1) is 13.0 Å². The van der Waals surface area contributed by atoms with E-state index in [1.165, 1.54) is 0 Å². The van der Waals surface area contributed by atoms with E-state index >= 15 is 0 Å². The third kappa shape index (κ3) is 6.68. The Morgan fingerprint density at radius 1 is 1.20 bits per heavy atom. The van der Waals surface area contributed by atoms with Gasteiger partial charge in [0.25, 0.3) is 0 Å². The molecule has 4 heteroatoms. The number of likely N-dealkylation sites (N-methyl/N-ethyl adjacent to an activating group) is 1. The van der Waals surface area contributed by atoms with Crippen LogP contribution in [0, 0.1) is 0 Å². The van der Waals surface area contributed by atoms with Crippen LogP contribution in [0.4, 0.5) is 0 Å². The van der Waals surface area contributed by atoms with E-state index < -0.39 is 6.29 Å². The van der Waals surface area contributed by atoms with Gasteiger partial charge in [-0.1, -0.05) is 44.2 Å². The molecule has 0 heterocycles.